The van der Waals surface area contributed by atoms with Gasteiger partial charge >= 0.3 is 0 Å². The van der Waals surface area contributed by atoms with E-state index in [0.717, 1.165) is 17.3 Å². The lowest BCUT2D eigenvalue weighted by Gasteiger charge is -2.29. The molecule has 0 radical (unpaired) electrons. The summed E-state index contributed by atoms with van der Waals surface area (Å²) in [7, 11) is 3.90. The lowest BCUT2D eigenvalue weighted by atomic mass is 9.94. The molecule has 0 saturated heterocycles. The van der Waals surface area contributed by atoms with Crippen molar-refractivity contribution in [3.8, 4) is 6.07 Å². The van der Waals surface area contributed by atoms with Gasteiger partial charge in [0, 0.05) is 4.47 Å². The number of nitrogens with zero attached hydrogens (tertiary/aromatic N) is 2. The van der Waals surface area contributed by atoms with Gasteiger partial charge in [-0.05, 0) is 51.6 Å². The Hall–Kier alpha value is -0.850. The van der Waals surface area contributed by atoms with Crippen molar-refractivity contribution in [2.24, 2.45) is 0 Å². The quantitative estimate of drug-likeness (QED) is 0.847. The molecule has 0 spiro atoms. The molecule has 1 atom stereocenters. The van der Waals surface area contributed by atoms with Crippen LogP contribution in [0.25, 0.3) is 0 Å². The fourth-order valence-electron chi connectivity index (χ4n) is 1.46. The van der Waals surface area contributed by atoms with Crippen LogP contribution >= 0.6 is 15.9 Å². The molecule has 0 heterocycles. The fourth-order valence-corrected chi connectivity index (χ4v) is 1.91. The van der Waals surface area contributed by atoms with E-state index in [-0.39, 0.29) is 5.54 Å². The molecule has 0 aliphatic rings. The summed E-state index contributed by atoms with van der Waals surface area (Å²) in [5.41, 5.74) is 0.875. The Balaban J connectivity index is 2.68. The van der Waals surface area contributed by atoms with E-state index >= 15 is 0 Å². The van der Waals surface area contributed by atoms with Crippen LogP contribution in [-0.4, -0.2) is 24.5 Å². The molecule has 0 N–H and O–H groups in total. The van der Waals surface area contributed by atoms with Gasteiger partial charge in [-0.3, -0.25) is 4.90 Å². The van der Waals surface area contributed by atoms with E-state index in [0.29, 0.717) is 0 Å². The molecular formula is C13H17BrN2. The summed E-state index contributed by atoms with van der Waals surface area (Å²) in [5, 5.41) is 9.19. The maximum Gasteiger partial charge on any atom is 0.106 e. The third-order valence-corrected chi connectivity index (χ3v) is 3.51. The Morgan fingerprint density at radius 2 is 2.12 bits per heavy atom. The van der Waals surface area contributed by atoms with Crippen LogP contribution in [0.2, 0.25) is 0 Å². The summed E-state index contributed by atoms with van der Waals surface area (Å²) >= 11 is 3.45. The number of aryl methyl sites for hydroxylation is 1. The molecule has 0 saturated carbocycles. The molecule has 0 aromatic heterocycles. The molecule has 0 amide bonds. The van der Waals surface area contributed by atoms with Crippen molar-refractivity contribution in [3.63, 3.8) is 0 Å². The van der Waals surface area contributed by atoms with Crippen molar-refractivity contribution in [2.75, 3.05) is 14.1 Å². The second-order valence-corrected chi connectivity index (χ2v) is 5.33. The van der Waals surface area contributed by atoms with Gasteiger partial charge in [0.05, 0.1) is 6.07 Å². The number of rotatable bonds is 4. The SMILES string of the molecule is CN(C)C(C)(C#N)CCc1cccc(Br)c1. The van der Waals surface area contributed by atoms with Gasteiger partial charge in [-0.1, -0.05) is 28.1 Å². The van der Waals surface area contributed by atoms with Crippen LogP contribution in [0.3, 0.4) is 0 Å². The third-order valence-electron chi connectivity index (χ3n) is 3.02. The smallest absolute Gasteiger partial charge is 0.106 e. The Bertz CT molecular complexity index is 395. The number of nitriles is 1. The van der Waals surface area contributed by atoms with Gasteiger partial charge in [0.15, 0.2) is 0 Å². The van der Waals surface area contributed by atoms with Gasteiger partial charge in [-0.2, -0.15) is 5.26 Å². The summed E-state index contributed by atoms with van der Waals surface area (Å²) < 4.78 is 1.09. The van der Waals surface area contributed by atoms with Gasteiger partial charge < -0.3 is 0 Å². The van der Waals surface area contributed by atoms with Crippen molar-refractivity contribution in [2.45, 2.75) is 25.3 Å². The zero-order valence-electron chi connectivity index (χ0n) is 10.00. The molecule has 1 aromatic rings. The van der Waals surface area contributed by atoms with Gasteiger partial charge in [-0.25, -0.2) is 0 Å². The summed E-state index contributed by atoms with van der Waals surface area (Å²) in [6, 6.07) is 10.6. The molecular weight excluding hydrogens is 264 g/mol. The zero-order valence-corrected chi connectivity index (χ0v) is 11.6. The van der Waals surface area contributed by atoms with Crippen molar-refractivity contribution in [3.05, 3.63) is 34.3 Å². The maximum absolute atomic E-state index is 9.19. The first-order valence-electron chi connectivity index (χ1n) is 5.31. The Morgan fingerprint density at radius 3 is 2.62 bits per heavy atom. The third kappa shape index (κ3) is 3.33. The molecule has 16 heavy (non-hydrogen) atoms. The highest BCUT2D eigenvalue weighted by Gasteiger charge is 2.25. The first-order chi connectivity index (χ1) is 7.48. The van der Waals surface area contributed by atoms with Crippen LogP contribution in [0, 0.1) is 11.3 Å². The topological polar surface area (TPSA) is 27.0 Å². The minimum absolute atomic E-state index is 0.387. The highest BCUT2D eigenvalue weighted by Crippen LogP contribution is 2.20. The highest BCUT2D eigenvalue weighted by molar-refractivity contribution is 9.10. The number of hydrogen-bond donors (Lipinski definition) is 0. The summed E-state index contributed by atoms with van der Waals surface area (Å²) in [4.78, 5) is 1.98. The molecule has 0 fully saturated rings. The molecule has 1 unspecified atom stereocenters. The summed E-state index contributed by atoms with van der Waals surface area (Å²) in [6.45, 7) is 1.98. The molecule has 2 nitrogen and oxygen atoms in total. The number of benzene rings is 1. The monoisotopic (exact) mass is 280 g/mol. The van der Waals surface area contributed by atoms with Gasteiger partial charge in [0.25, 0.3) is 0 Å². The first kappa shape index (κ1) is 13.2. The summed E-state index contributed by atoms with van der Waals surface area (Å²) in [5.74, 6) is 0. The van der Waals surface area contributed by atoms with Gasteiger partial charge in [0.1, 0.15) is 5.54 Å². The van der Waals surface area contributed by atoms with E-state index in [1.807, 2.05) is 38.1 Å². The average molecular weight is 281 g/mol. The standard InChI is InChI=1S/C13H17BrN2/c1-13(10-15,16(2)3)8-7-11-5-4-6-12(14)9-11/h4-6,9H,7-8H2,1-3H3. The maximum atomic E-state index is 9.19. The van der Waals surface area contributed by atoms with E-state index in [1.54, 1.807) is 0 Å². The van der Waals surface area contributed by atoms with Crippen LogP contribution in [0.4, 0.5) is 0 Å². The van der Waals surface area contributed by atoms with E-state index in [1.165, 1.54) is 5.56 Å². The molecule has 1 aromatic carbocycles. The molecule has 1 rings (SSSR count). The normalized spacial score (nSPS) is 14.5. The summed E-state index contributed by atoms with van der Waals surface area (Å²) in [6.07, 6.45) is 1.76. The Labute approximate surface area is 106 Å². The second kappa shape index (κ2) is 5.47. The lowest BCUT2D eigenvalue weighted by Crippen LogP contribution is -2.40. The van der Waals surface area contributed by atoms with E-state index in [9.17, 15) is 5.26 Å². The molecule has 86 valence electrons. The van der Waals surface area contributed by atoms with Crippen molar-refractivity contribution in [1.82, 2.24) is 4.90 Å². The van der Waals surface area contributed by atoms with Gasteiger partial charge in [0.2, 0.25) is 0 Å². The van der Waals surface area contributed by atoms with Crippen molar-refractivity contribution >= 4 is 15.9 Å². The Kier molecular flexibility index (Phi) is 4.52. The molecule has 0 bridgehead atoms. The minimum Gasteiger partial charge on any atom is -0.292 e. The van der Waals surface area contributed by atoms with E-state index < -0.39 is 0 Å². The van der Waals surface area contributed by atoms with Crippen LogP contribution in [0.1, 0.15) is 18.9 Å². The second-order valence-electron chi connectivity index (χ2n) is 4.41. The molecule has 3 heteroatoms. The molecule has 0 aliphatic heterocycles. The number of halogens is 1. The van der Waals surface area contributed by atoms with Crippen LogP contribution < -0.4 is 0 Å². The van der Waals surface area contributed by atoms with Crippen molar-refractivity contribution in [1.29, 1.82) is 5.26 Å². The van der Waals surface area contributed by atoms with Crippen LogP contribution in [-0.2, 0) is 6.42 Å². The Morgan fingerprint density at radius 1 is 1.44 bits per heavy atom. The fraction of sp³-hybridized carbons (Fsp3) is 0.462. The predicted molar refractivity (Wildman–Crippen MR) is 70.2 cm³/mol. The minimum atomic E-state index is -0.387. The molecule has 0 aliphatic carbocycles. The highest BCUT2D eigenvalue weighted by atomic mass is 79.9. The van der Waals surface area contributed by atoms with E-state index in [4.69, 9.17) is 0 Å². The van der Waals surface area contributed by atoms with Gasteiger partial charge in [-0.15, -0.1) is 0 Å². The lowest BCUT2D eigenvalue weighted by molar-refractivity contribution is 0.224. The van der Waals surface area contributed by atoms with E-state index in [2.05, 4.69) is 34.1 Å². The van der Waals surface area contributed by atoms with Crippen LogP contribution in [0.15, 0.2) is 28.7 Å². The number of hydrogen-bond acceptors (Lipinski definition) is 2. The average Bonchev–Trinajstić information content (AvgIpc) is 2.26. The predicted octanol–water partition coefficient (Wildman–Crippen LogP) is 3.23. The first-order valence-corrected chi connectivity index (χ1v) is 6.10. The zero-order chi connectivity index (χ0) is 12.2. The van der Waals surface area contributed by atoms with Crippen LogP contribution in [0.5, 0.6) is 0 Å². The largest absolute Gasteiger partial charge is 0.292 e. The van der Waals surface area contributed by atoms with Crippen molar-refractivity contribution < 1.29 is 0 Å².